The van der Waals surface area contributed by atoms with Gasteiger partial charge in [-0.2, -0.15) is 4.99 Å². The predicted octanol–water partition coefficient (Wildman–Crippen LogP) is 0.533. The van der Waals surface area contributed by atoms with E-state index in [1.54, 1.807) is 7.11 Å². The Morgan fingerprint density at radius 2 is 2.23 bits per heavy atom. The van der Waals surface area contributed by atoms with Gasteiger partial charge < -0.3 is 15.2 Å². The van der Waals surface area contributed by atoms with Crippen LogP contribution in [-0.4, -0.2) is 31.2 Å². The molecular weight excluding hydrogens is 172 g/mol. The van der Waals surface area contributed by atoms with E-state index in [9.17, 15) is 4.79 Å². The van der Waals surface area contributed by atoms with Gasteiger partial charge in [-0.25, -0.2) is 4.79 Å². The summed E-state index contributed by atoms with van der Waals surface area (Å²) in [5, 5.41) is 0. The molecule has 0 aromatic carbocycles. The summed E-state index contributed by atoms with van der Waals surface area (Å²) in [5.41, 5.74) is 5.51. The van der Waals surface area contributed by atoms with E-state index in [4.69, 9.17) is 15.2 Å². The third-order valence-corrected chi connectivity index (χ3v) is 1.97. The van der Waals surface area contributed by atoms with Gasteiger partial charge in [0.05, 0.1) is 0 Å². The summed E-state index contributed by atoms with van der Waals surface area (Å²) >= 11 is 0. The van der Waals surface area contributed by atoms with Crippen LogP contribution in [0, 0.1) is 5.92 Å². The minimum absolute atomic E-state index is 0.200. The fourth-order valence-corrected chi connectivity index (χ4v) is 1.35. The number of nitrogens with zero attached hydrogens (tertiary/aromatic N) is 1. The topological polar surface area (TPSA) is 73.9 Å². The number of hydrogen-bond donors (Lipinski definition) is 1. The van der Waals surface area contributed by atoms with Gasteiger partial charge in [0.25, 0.3) is 0 Å². The molecule has 5 heteroatoms. The average Bonchev–Trinajstić information content (AvgIpc) is 2.31. The summed E-state index contributed by atoms with van der Waals surface area (Å²) in [7, 11) is 1.56. The number of ether oxygens (including phenoxy) is 2. The quantitative estimate of drug-likeness (QED) is 0.697. The predicted molar refractivity (Wildman–Crippen MR) is 47.5 cm³/mol. The molecule has 1 heterocycles. The molecule has 0 aromatic rings. The fourth-order valence-electron chi connectivity index (χ4n) is 1.35. The average molecular weight is 186 g/mol. The molecule has 0 saturated heterocycles. The number of amidine groups is 1. The molecule has 1 aliphatic rings. The Labute approximate surface area is 76.9 Å². The lowest BCUT2D eigenvalue weighted by molar-refractivity contribution is -0.00871. The van der Waals surface area contributed by atoms with E-state index < -0.39 is 12.2 Å². The van der Waals surface area contributed by atoms with Crippen molar-refractivity contribution in [1.29, 1.82) is 0 Å². The zero-order valence-electron chi connectivity index (χ0n) is 7.98. The largest absolute Gasteiger partial charge is 0.436 e. The molecule has 0 bridgehead atoms. The molecule has 0 aromatic heterocycles. The highest BCUT2D eigenvalue weighted by Gasteiger charge is 2.35. The van der Waals surface area contributed by atoms with Crippen LogP contribution < -0.4 is 5.73 Å². The van der Waals surface area contributed by atoms with E-state index in [-0.39, 0.29) is 17.9 Å². The number of aliphatic imine (C=N–C) groups is 1. The first-order valence-electron chi connectivity index (χ1n) is 4.13. The fraction of sp³-hybridized carbons (Fsp3) is 0.750. The van der Waals surface area contributed by atoms with Crippen LogP contribution in [-0.2, 0) is 9.47 Å². The molecule has 1 amide bonds. The Morgan fingerprint density at radius 1 is 1.62 bits per heavy atom. The summed E-state index contributed by atoms with van der Waals surface area (Å²) in [6.45, 7) is 3.93. The first-order valence-corrected chi connectivity index (χ1v) is 4.13. The highest BCUT2D eigenvalue weighted by atomic mass is 16.6. The van der Waals surface area contributed by atoms with Crippen molar-refractivity contribution in [3.8, 4) is 0 Å². The van der Waals surface area contributed by atoms with Crippen molar-refractivity contribution in [2.24, 2.45) is 16.6 Å². The monoisotopic (exact) mass is 186 g/mol. The molecule has 0 saturated carbocycles. The van der Waals surface area contributed by atoms with Crippen molar-refractivity contribution < 1.29 is 14.3 Å². The van der Waals surface area contributed by atoms with E-state index in [0.29, 0.717) is 0 Å². The minimum atomic E-state index is -0.634. The van der Waals surface area contributed by atoms with Crippen LogP contribution in [0.25, 0.3) is 0 Å². The highest BCUT2D eigenvalue weighted by molar-refractivity contribution is 5.99. The minimum Gasteiger partial charge on any atom is -0.434 e. The normalized spacial score (nSPS) is 24.5. The number of methoxy groups -OCH3 is 1. The number of carbonyl (C=O) groups is 1. The molecule has 74 valence electrons. The lowest BCUT2D eigenvalue weighted by atomic mass is 10.0. The Hall–Kier alpha value is -1.10. The molecule has 1 rings (SSSR count). The van der Waals surface area contributed by atoms with Crippen LogP contribution in [0.3, 0.4) is 0 Å². The van der Waals surface area contributed by atoms with Gasteiger partial charge in [0.15, 0.2) is 11.9 Å². The molecule has 0 fully saturated rings. The Morgan fingerprint density at radius 3 is 2.54 bits per heavy atom. The van der Waals surface area contributed by atoms with Crippen molar-refractivity contribution in [3.05, 3.63) is 0 Å². The molecule has 13 heavy (non-hydrogen) atoms. The Kier molecular flexibility index (Phi) is 2.87. The molecule has 1 aliphatic heterocycles. The number of amides is 1. The van der Waals surface area contributed by atoms with Crippen molar-refractivity contribution in [3.63, 3.8) is 0 Å². The first-order chi connectivity index (χ1) is 6.06. The molecule has 2 N–H and O–H groups in total. The van der Waals surface area contributed by atoms with Gasteiger partial charge in [-0.15, -0.1) is 0 Å². The van der Waals surface area contributed by atoms with Crippen molar-refractivity contribution >= 4 is 11.9 Å². The van der Waals surface area contributed by atoms with E-state index in [1.807, 2.05) is 13.8 Å². The molecule has 0 spiro atoms. The molecule has 5 nitrogen and oxygen atoms in total. The van der Waals surface area contributed by atoms with Crippen LogP contribution in [0.15, 0.2) is 4.99 Å². The molecule has 2 atom stereocenters. The zero-order chi connectivity index (χ0) is 10.0. The first kappa shape index (κ1) is 9.98. The van der Waals surface area contributed by atoms with Gasteiger partial charge in [0.2, 0.25) is 0 Å². The lowest BCUT2D eigenvalue weighted by Crippen LogP contribution is -2.41. The summed E-state index contributed by atoms with van der Waals surface area (Å²) in [4.78, 5) is 14.2. The SMILES string of the molecule is COC(C(C)C)C1OC(=O)N=C1N. The van der Waals surface area contributed by atoms with E-state index >= 15 is 0 Å². The van der Waals surface area contributed by atoms with Gasteiger partial charge in [0.1, 0.15) is 6.10 Å². The number of carbonyl (C=O) groups excluding carboxylic acids is 1. The number of cyclic esters (lactones) is 1. The van der Waals surface area contributed by atoms with E-state index in [2.05, 4.69) is 4.99 Å². The van der Waals surface area contributed by atoms with Gasteiger partial charge >= 0.3 is 6.09 Å². The summed E-state index contributed by atoms with van der Waals surface area (Å²) in [6, 6.07) is 0. The Bertz CT molecular complexity index is 238. The maximum absolute atomic E-state index is 10.8. The number of hydrogen-bond acceptors (Lipinski definition) is 4. The Balaban J connectivity index is 2.72. The van der Waals surface area contributed by atoms with Gasteiger partial charge in [-0.1, -0.05) is 13.8 Å². The molecule has 2 unspecified atom stereocenters. The van der Waals surface area contributed by atoms with Gasteiger partial charge in [-0.05, 0) is 5.92 Å². The summed E-state index contributed by atoms with van der Waals surface area (Å²) in [5.74, 6) is 0.417. The lowest BCUT2D eigenvalue weighted by Gasteiger charge is -2.23. The van der Waals surface area contributed by atoms with E-state index in [1.165, 1.54) is 0 Å². The standard InChI is InChI=1S/C8H14N2O3/c1-4(2)5(12-3)6-7(9)10-8(11)13-6/h4-6H,1-3H3,(H2,9,10,11). The van der Waals surface area contributed by atoms with Gasteiger partial charge in [-0.3, -0.25) is 0 Å². The highest BCUT2D eigenvalue weighted by Crippen LogP contribution is 2.17. The van der Waals surface area contributed by atoms with Crippen molar-refractivity contribution in [2.75, 3.05) is 7.11 Å². The number of rotatable bonds is 3. The summed E-state index contributed by atoms with van der Waals surface area (Å²) in [6.07, 6.45) is -1.39. The van der Waals surface area contributed by atoms with Crippen LogP contribution in [0.5, 0.6) is 0 Å². The number of nitrogens with two attached hydrogens (primary N) is 1. The summed E-state index contributed by atoms with van der Waals surface area (Å²) < 4.78 is 10.1. The maximum Gasteiger partial charge on any atom is 0.436 e. The van der Waals surface area contributed by atoms with E-state index in [0.717, 1.165) is 0 Å². The second-order valence-electron chi connectivity index (χ2n) is 3.29. The maximum atomic E-state index is 10.8. The molecular formula is C8H14N2O3. The second kappa shape index (κ2) is 3.74. The third-order valence-electron chi connectivity index (χ3n) is 1.97. The van der Waals surface area contributed by atoms with Crippen LogP contribution >= 0.6 is 0 Å². The third kappa shape index (κ3) is 1.98. The second-order valence-corrected chi connectivity index (χ2v) is 3.29. The van der Waals surface area contributed by atoms with Crippen LogP contribution in [0.2, 0.25) is 0 Å². The van der Waals surface area contributed by atoms with Crippen LogP contribution in [0.1, 0.15) is 13.8 Å². The van der Waals surface area contributed by atoms with Crippen LogP contribution in [0.4, 0.5) is 4.79 Å². The zero-order valence-corrected chi connectivity index (χ0v) is 7.98. The molecule has 0 aliphatic carbocycles. The molecule has 0 radical (unpaired) electrons. The smallest absolute Gasteiger partial charge is 0.434 e. The van der Waals surface area contributed by atoms with Gasteiger partial charge in [0, 0.05) is 7.11 Å². The van der Waals surface area contributed by atoms with Crippen molar-refractivity contribution in [1.82, 2.24) is 0 Å². The van der Waals surface area contributed by atoms with Crippen molar-refractivity contribution in [2.45, 2.75) is 26.1 Å².